The second-order valence-corrected chi connectivity index (χ2v) is 5.07. The molecule has 0 bridgehead atoms. The van der Waals surface area contributed by atoms with E-state index in [0.717, 1.165) is 42.9 Å². The van der Waals surface area contributed by atoms with Gasteiger partial charge in [-0.1, -0.05) is 6.92 Å². The number of nitrogens with two attached hydrogens (primary N) is 1. The zero-order valence-corrected chi connectivity index (χ0v) is 11.4. The van der Waals surface area contributed by atoms with Gasteiger partial charge >= 0.3 is 0 Å². The fourth-order valence-electron chi connectivity index (χ4n) is 2.57. The molecular weight excluding hydrogens is 228 g/mol. The molecule has 5 nitrogen and oxygen atoms in total. The monoisotopic (exact) mass is 250 g/mol. The number of nitrogens with zero attached hydrogens (tertiary/aromatic N) is 3. The average molecular weight is 250 g/mol. The quantitative estimate of drug-likeness (QED) is 0.873. The summed E-state index contributed by atoms with van der Waals surface area (Å²) in [5, 5.41) is 4.45. The van der Waals surface area contributed by atoms with E-state index in [1.165, 1.54) is 0 Å². The first-order valence-corrected chi connectivity index (χ1v) is 6.63. The van der Waals surface area contributed by atoms with Gasteiger partial charge in [-0.25, -0.2) is 0 Å². The van der Waals surface area contributed by atoms with Crippen molar-refractivity contribution in [1.29, 1.82) is 0 Å². The Hall–Kier alpha value is -1.36. The molecule has 1 amide bonds. The van der Waals surface area contributed by atoms with Crippen LogP contribution in [-0.4, -0.2) is 39.7 Å². The van der Waals surface area contributed by atoms with Gasteiger partial charge in [-0.3, -0.25) is 9.48 Å². The topological polar surface area (TPSA) is 64.2 Å². The van der Waals surface area contributed by atoms with E-state index in [1.807, 2.05) is 23.4 Å². The predicted molar refractivity (Wildman–Crippen MR) is 70.5 cm³/mol. The first-order valence-electron chi connectivity index (χ1n) is 6.63. The maximum absolute atomic E-state index is 12.5. The summed E-state index contributed by atoms with van der Waals surface area (Å²) >= 11 is 0. The van der Waals surface area contributed by atoms with Gasteiger partial charge in [-0.2, -0.15) is 5.10 Å². The molecule has 1 aliphatic heterocycles. The summed E-state index contributed by atoms with van der Waals surface area (Å²) in [5.41, 5.74) is 8.41. The normalized spacial score (nSPS) is 19.6. The number of amides is 1. The lowest BCUT2D eigenvalue weighted by Gasteiger charge is -2.16. The van der Waals surface area contributed by atoms with Crippen LogP contribution < -0.4 is 5.73 Å². The Labute approximate surface area is 108 Å². The molecule has 1 aromatic rings. The molecule has 1 saturated heterocycles. The van der Waals surface area contributed by atoms with Crippen LogP contribution >= 0.6 is 0 Å². The summed E-state index contributed by atoms with van der Waals surface area (Å²) in [7, 11) is 0. The molecular formula is C13H22N4O. The van der Waals surface area contributed by atoms with E-state index in [0.29, 0.717) is 6.54 Å². The Morgan fingerprint density at radius 1 is 1.50 bits per heavy atom. The number of rotatable bonds is 3. The molecule has 1 fully saturated rings. The molecule has 0 radical (unpaired) electrons. The highest BCUT2D eigenvalue weighted by Gasteiger charge is 2.28. The largest absolute Gasteiger partial charge is 0.337 e. The second kappa shape index (κ2) is 5.10. The highest BCUT2D eigenvalue weighted by Crippen LogP contribution is 2.19. The van der Waals surface area contributed by atoms with Crippen LogP contribution in [-0.2, 0) is 6.54 Å². The predicted octanol–water partition coefficient (Wildman–Crippen LogP) is 1.08. The van der Waals surface area contributed by atoms with Crippen LogP contribution in [0.5, 0.6) is 0 Å². The molecule has 1 atom stereocenters. The van der Waals surface area contributed by atoms with Gasteiger partial charge in [-0.15, -0.1) is 0 Å². The van der Waals surface area contributed by atoms with Crippen LogP contribution in [0.1, 0.15) is 41.5 Å². The van der Waals surface area contributed by atoms with Gasteiger partial charge in [0.05, 0.1) is 11.3 Å². The van der Waals surface area contributed by atoms with E-state index in [2.05, 4.69) is 12.0 Å². The number of hydrogen-bond acceptors (Lipinski definition) is 3. The van der Waals surface area contributed by atoms with E-state index < -0.39 is 0 Å². The minimum absolute atomic E-state index is 0.0836. The summed E-state index contributed by atoms with van der Waals surface area (Å²) in [6, 6.07) is 0.125. The van der Waals surface area contributed by atoms with E-state index in [4.69, 9.17) is 5.73 Å². The molecule has 0 saturated carbocycles. The number of aromatic nitrogens is 2. The zero-order chi connectivity index (χ0) is 13.3. The van der Waals surface area contributed by atoms with Gasteiger partial charge in [0.2, 0.25) is 0 Å². The van der Waals surface area contributed by atoms with Gasteiger partial charge in [0, 0.05) is 31.4 Å². The van der Waals surface area contributed by atoms with Gasteiger partial charge in [0.25, 0.3) is 5.91 Å². The SMILES string of the molecule is CCCn1nc(C)c(C(=O)N2CC[C@@H](N)C2)c1C. The summed E-state index contributed by atoms with van der Waals surface area (Å²) in [5.74, 6) is 0.0836. The number of aryl methyl sites for hydroxylation is 2. The van der Waals surface area contributed by atoms with Crippen molar-refractivity contribution in [2.75, 3.05) is 13.1 Å². The number of carbonyl (C=O) groups excluding carboxylic acids is 1. The van der Waals surface area contributed by atoms with E-state index in [9.17, 15) is 4.79 Å². The lowest BCUT2D eigenvalue weighted by atomic mass is 10.1. The van der Waals surface area contributed by atoms with Gasteiger partial charge in [0.1, 0.15) is 0 Å². The molecule has 0 spiro atoms. The van der Waals surface area contributed by atoms with Crippen molar-refractivity contribution in [2.45, 2.75) is 46.2 Å². The Morgan fingerprint density at radius 3 is 2.78 bits per heavy atom. The number of likely N-dealkylation sites (tertiary alicyclic amines) is 1. The third kappa shape index (κ3) is 2.27. The number of hydrogen-bond donors (Lipinski definition) is 1. The zero-order valence-electron chi connectivity index (χ0n) is 11.4. The minimum Gasteiger partial charge on any atom is -0.337 e. The molecule has 2 N–H and O–H groups in total. The second-order valence-electron chi connectivity index (χ2n) is 5.07. The van der Waals surface area contributed by atoms with Crippen LogP contribution in [0.2, 0.25) is 0 Å². The molecule has 2 heterocycles. The maximum atomic E-state index is 12.5. The lowest BCUT2D eigenvalue weighted by molar-refractivity contribution is 0.0789. The van der Waals surface area contributed by atoms with Crippen molar-refractivity contribution < 1.29 is 4.79 Å². The summed E-state index contributed by atoms with van der Waals surface area (Å²) < 4.78 is 1.93. The fourth-order valence-corrected chi connectivity index (χ4v) is 2.57. The van der Waals surface area contributed by atoms with Crippen molar-refractivity contribution in [2.24, 2.45) is 5.73 Å². The number of carbonyl (C=O) groups is 1. The molecule has 0 aromatic carbocycles. The fraction of sp³-hybridized carbons (Fsp3) is 0.692. The molecule has 2 rings (SSSR count). The lowest BCUT2D eigenvalue weighted by Crippen LogP contribution is -2.32. The van der Waals surface area contributed by atoms with Crippen molar-refractivity contribution in [3.63, 3.8) is 0 Å². The molecule has 1 aromatic heterocycles. The van der Waals surface area contributed by atoms with E-state index in [-0.39, 0.29) is 11.9 Å². The molecule has 0 unspecified atom stereocenters. The molecule has 0 aliphatic carbocycles. The third-order valence-corrected chi connectivity index (χ3v) is 3.54. The van der Waals surface area contributed by atoms with E-state index >= 15 is 0 Å². The summed E-state index contributed by atoms with van der Waals surface area (Å²) in [4.78, 5) is 14.3. The molecule has 5 heteroatoms. The van der Waals surface area contributed by atoms with E-state index in [1.54, 1.807) is 0 Å². The average Bonchev–Trinajstić information content (AvgIpc) is 2.85. The Kier molecular flexibility index (Phi) is 3.71. The van der Waals surface area contributed by atoms with Crippen LogP contribution in [0.25, 0.3) is 0 Å². The third-order valence-electron chi connectivity index (χ3n) is 3.54. The van der Waals surface area contributed by atoms with Crippen molar-refractivity contribution >= 4 is 5.91 Å². The van der Waals surface area contributed by atoms with Crippen molar-refractivity contribution in [3.8, 4) is 0 Å². The van der Waals surface area contributed by atoms with Crippen LogP contribution in [0.15, 0.2) is 0 Å². The Morgan fingerprint density at radius 2 is 2.22 bits per heavy atom. The molecule has 18 heavy (non-hydrogen) atoms. The van der Waals surface area contributed by atoms with Crippen molar-refractivity contribution in [1.82, 2.24) is 14.7 Å². The van der Waals surface area contributed by atoms with Crippen LogP contribution in [0.4, 0.5) is 0 Å². The smallest absolute Gasteiger partial charge is 0.257 e. The molecule has 100 valence electrons. The minimum atomic E-state index is 0.0836. The standard InChI is InChI=1S/C13H22N4O/c1-4-6-17-10(3)12(9(2)15-17)13(18)16-7-5-11(14)8-16/h11H,4-8,14H2,1-3H3/t11-/m1/s1. The van der Waals surface area contributed by atoms with Gasteiger partial charge in [0.15, 0.2) is 0 Å². The highest BCUT2D eigenvalue weighted by atomic mass is 16.2. The van der Waals surface area contributed by atoms with Gasteiger partial charge < -0.3 is 10.6 Å². The first kappa shape index (κ1) is 13.1. The Bertz CT molecular complexity index is 452. The molecule has 1 aliphatic rings. The van der Waals surface area contributed by atoms with Crippen LogP contribution in [0.3, 0.4) is 0 Å². The first-order chi connectivity index (χ1) is 8.54. The van der Waals surface area contributed by atoms with Crippen LogP contribution in [0, 0.1) is 13.8 Å². The maximum Gasteiger partial charge on any atom is 0.257 e. The van der Waals surface area contributed by atoms with Gasteiger partial charge in [-0.05, 0) is 26.7 Å². The Balaban J connectivity index is 2.25. The summed E-state index contributed by atoms with van der Waals surface area (Å²) in [6.45, 7) is 8.27. The summed E-state index contributed by atoms with van der Waals surface area (Å²) in [6.07, 6.45) is 1.91. The van der Waals surface area contributed by atoms with Crippen molar-refractivity contribution in [3.05, 3.63) is 17.0 Å². The highest BCUT2D eigenvalue weighted by molar-refractivity contribution is 5.96.